The number of hydrogen-bond donors (Lipinski definition) is 0. The summed E-state index contributed by atoms with van der Waals surface area (Å²) >= 11 is 0. The molecular formula is C11H15NO2. The standard InChI is InChI=1S/C11H15NO2/c1-8-2-4-9(5-3-8)12-10(13)6-7-11(12)14/h6-9H,2-5H2,1H3/t8-,9-. The van der Waals surface area contributed by atoms with Crippen molar-refractivity contribution in [1.82, 2.24) is 4.90 Å². The maximum atomic E-state index is 11.4. The second-order valence-electron chi connectivity index (χ2n) is 4.29. The number of amides is 2. The number of hydrogen-bond acceptors (Lipinski definition) is 2. The minimum absolute atomic E-state index is 0.130. The first-order chi connectivity index (χ1) is 6.68. The Hall–Kier alpha value is -1.12. The van der Waals surface area contributed by atoms with E-state index in [9.17, 15) is 9.59 Å². The lowest BCUT2D eigenvalue weighted by Gasteiger charge is -2.31. The summed E-state index contributed by atoms with van der Waals surface area (Å²) < 4.78 is 0. The number of nitrogens with zero attached hydrogens (tertiary/aromatic N) is 1. The van der Waals surface area contributed by atoms with Gasteiger partial charge in [0.05, 0.1) is 0 Å². The zero-order chi connectivity index (χ0) is 10.1. The molecule has 0 radical (unpaired) electrons. The molecule has 1 aliphatic carbocycles. The Morgan fingerprint density at radius 3 is 2.07 bits per heavy atom. The molecule has 14 heavy (non-hydrogen) atoms. The van der Waals surface area contributed by atoms with Crippen LogP contribution in [-0.2, 0) is 9.59 Å². The number of rotatable bonds is 1. The van der Waals surface area contributed by atoms with Gasteiger partial charge < -0.3 is 0 Å². The molecule has 3 nitrogen and oxygen atoms in total. The van der Waals surface area contributed by atoms with Crippen LogP contribution in [-0.4, -0.2) is 22.8 Å². The summed E-state index contributed by atoms with van der Waals surface area (Å²) in [7, 11) is 0. The number of carbonyl (C=O) groups excluding carboxylic acids is 2. The van der Waals surface area contributed by atoms with E-state index in [4.69, 9.17) is 0 Å². The summed E-state index contributed by atoms with van der Waals surface area (Å²) in [5, 5.41) is 0. The van der Waals surface area contributed by atoms with Crippen LogP contribution in [0.5, 0.6) is 0 Å². The molecule has 0 atom stereocenters. The van der Waals surface area contributed by atoms with Gasteiger partial charge in [0.2, 0.25) is 0 Å². The fraction of sp³-hybridized carbons (Fsp3) is 0.636. The SMILES string of the molecule is C[C@H]1CC[C@H](N2C(=O)C=CC2=O)CC1. The fourth-order valence-corrected chi connectivity index (χ4v) is 2.27. The summed E-state index contributed by atoms with van der Waals surface area (Å²) in [5.41, 5.74) is 0. The Morgan fingerprint density at radius 2 is 1.57 bits per heavy atom. The van der Waals surface area contributed by atoms with Crippen molar-refractivity contribution in [3.05, 3.63) is 12.2 Å². The van der Waals surface area contributed by atoms with E-state index < -0.39 is 0 Å². The van der Waals surface area contributed by atoms with E-state index in [-0.39, 0.29) is 17.9 Å². The Balaban J connectivity index is 2.02. The Bertz CT molecular complexity index is 270. The van der Waals surface area contributed by atoms with Gasteiger partial charge in [-0.05, 0) is 31.6 Å². The van der Waals surface area contributed by atoms with Crippen LogP contribution in [0, 0.1) is 5.92 Å². The van der Waals surface area contributed by atoms with Crippen molar-refractivity contribution in [1.29, 1.82) is 0 Å². The molecule has 2 aliphatic rings. The van der Waals surface area contributed by atoms with Crippen LogP contribution in [0.15, 0.2) is 12.2 Å². The molecule has 3 heteroatoms. The first kappa shape index (κ1) is 9.44. The van der Waals surface area contributed by atoms with E-state index in [0.29, 0.717) is 0 Å². The summed E-state index contributed by atoms with van der Waals surface area (Å²) in [5.74, 6) is 0.483. The fourth-order valence-electron chi connectivity index (χ4n) is 2.27. The highest BCUT2D eigenvalue weighted by atomic mass is 16.2. The summed E-state index contributed by atoms with van der Waals surface area (Å²) in [6.07, 6.45) is 6.95. The summed E-state index contributed by atoms with van der Waals surface area (Å²) in [6, 6.07) is 0.154. The second kappa shape index (κ2) is 3.56. The Kier molecular flexibility index (Phi) is 2.40. The average Bonchev–Trinajstić information content (AvgIpc) is 2.49. The van der Waals surface area contributed by atoms with E-state index in [2.05, 4.69) is 6.92 Å². The van der Waals surface area contributed by atoms with E-state index in [1.807, 2.05) is 0 Å². The smallest absolute Gasteiger partial charge is 0.253 e. The Morgan fingerprint density at radius 1 is 1.07 bits per heavy atom. The molecule has 0 aromatic rings. The number of carbonyl (C=O) groups is 2. The topological polar surface area (TPSA) is 37.4 Å². The van der Waals surface area contributed by atoms with E-state index in [1.165, 1.54) is 17.1 Å². The van der Waals surface area contributed by atoms with Gasteiger partial charge in [-0.1, -0.05) is 6.92 Å². The largest absolute Gasteiger partial charge is 0.272 e. The Labute approximate surface area is 83.8 Å². The molecule has 2 rings (SSSR count). The summed E-state index contributed by atoms with van der Waals surface area (Å²) in [4.78, 5) is 24.2. The minimum Gasteiger partial charge on any atom is -0.272 e. The molecule has 1 saturated carbocycles. The van der Waals surface area contributed by atoms with Crippen LogP contribution < -0.4 is 0 Å². The van der Waals surface area contributed by atoms with Crippen molar-refractivity contribution < 1.29 is 9.59 Å². The molecule has 1 aliphatic heterocycles. The van der Waals surface area contributed by atoms with Crippen molar-refractivity contribution >= 4 is 11.8 Å². The van der Waals surface area contributed by atoms with Gasteiger partial charge in [0.25, 0.3) is 11.8 Å². The molecule has 0 saturated heterocycles. The van der Waals surface area contributed by atoms with Crippen molar-refractivity contribution in [3.8, 4) is 0 Å². The van der Waals surface area contributed by atoms with Crippen molar-refractivity contribution in [2.45, 2.75) is 38.6 Å². The quantitative estimate of drug-likeness (QED) is 0.592. The zero-order valence-electron chi connectivity index (χ0n) is 8.40. The molecule has 0 N–H and O–H groups in total. The van der Waals surface area contributed by atoms with Gasteiger partial charge in [-0.25, -0.2) is 0 Å². The lowest BCUT2D eigenvalue weighted by Crippen LogP contribution is -2.41. The highest BCUT2D eigenvalue weighted by Crippen LogP contribution is 2.28. The molecule has 1 heterocycles. The van der Waals surface area contributed by atoms with Crippen molar-refractivity contribution in [2.75, 3.05) is 0 Å². The molecule has 0 unspecified atom stereocenters. The maximum absolute atomic E-state index is 11.4. The number of imide groups is 1. The van der Waals surface area contributed by atoms with Gasteiger partial charge in [0.1, 0.15) is 0 Å². The van der Waals surface area contributed by atoms with Gasteiger partial charge in [-0.15, -0.1) is 0 Å². The van der Waals surface area contributed by atoms with Crippen LogP contribution in [0.3, 0.4) is 0 Å². The average molecular weight is 193 g/mol. The van der Waals surface area contributed by atoms with Gasteiger partial charge >= 0.3 is 0 Å². The van der Waals surface area contributed by atoms with Crippen LogP contribution in [0.25, 0.3) is 0 Å². The minimum atomic E-state index is -0.130. The van der Waals surface area contributed by atoms with Gasteiger partial charge in [-0.2, -0.15) is 0 Å². The second-order valence-corrected chi connectivity index (χ2v) is 4.29. The summed E-state index contributed by atoms with van der Waals surface area (Å²) in [6.45, 7) is 2.22. The monoisotopic (exact) mass is 193 g/mol. The predicted molar refractivity (Wildman–Crippen MR) is 52.4 cm³/mol. The predicted octanol–water partition coefficient (Wildman–Crippen LogP) is 1.49. The maximum Gasteiger partial charge on any atom is 0.253 e. The van der Waals surface area contributed by atoms with Crippen LogP contribution in [0.2, 0.25) is 0 Å². The third kappa shape index (κ3) is 1.59. The van der Waals surface area contributed by atoms with Crippen molar-refractivity contribution in [3.63, 3.8) is 0 Å². The van der Waals surface area contributed by atoms with Crippen LogP contribution >= 0.6 is 0 Å². The molecule has 1 fully saturated rings. The van der Waals surface area contributed by atoms with E-state index >= 15 is 0 Å². The van der Waals surface area contributed by atoms with Gasteiger partial charge in [0.15, 0.2) is 0 Å². The zero-order valence-corrected chi connectivity index (χ0v) is 8.40. The molecule has 0 aromatic heterocycles. The van der Waals surface area contributed by atoms with Crippen molar-refractivity contribution in [2.24, 2.45) is 5.92 Å². The molecule has 0 spiro atoms. The molecule has 76 valence electrons. The highest BCUT2D eigenvalue weighted by molar-refractivity contribution is 6.13. The van der Waals surface area contributed by atoms with E-state index in [1.54, 1.807) is 0 Å². The normalized spacial score (nSPS) is 32.8. The van der Waals surface area contributed by atoms with E-state index in [0.717, 1.165) is 31.6 Å². The lowest BCUT2D eigenvalue weighted by atomic mass is 9.86. The molecular weight excluding hydrogens is 178 g/mol. The first-order valence-corrected chi connectivity index (χ1v) is 5.23. The molecule has 0 aromatic carbocycles. The lowest BCUT2D eigenvalue weighted by molar-refractivity contribution is -0.140. The highest BCUT2D eigenvalue weighted by Gasteiger charge is 2.32. The molecule has 2 amide bonds. The van der Waals surface area contributed by atoms with Crippen LogP contribution in [0.4, 0.5) is 0 Å². The van der Waals surface area contributed by atoms with Gasteiger partial charge in [-0.3, -0.25) is 14.5 Å². The van der Waals surface area contributed by atoms with Gasteiger partial charge in [0, 0.05) is 18.2 Å². The van der Waals surface area contributed by atoms with Crippen LogP contribution in [0.1, 0.15) is 32.6 Å². The third-order valence-electron chi connectivity index (χ3n) is 3.19. The molecule has 0 bridgehead atoms. The first-order valence-electron chi connectivity index (χ1n) is 5.23. The third-order valence-corrected chi connectivity index (χ3v) is 3.19.